The predicted octanol–water partition coefficient (Wildman–Crippen LogP) is 3.91. The zero-order chi connectivity index (χ0) is 11.5. The lowest BCUT2D eigenvalue weighted by molar-refractivity contribution is 0.734. The van der Waals surface area contributed by atoms with Gasteiger partial charge in [-0.15, -0.1) is 11.3 Å². The van der Waals surface area contributed by atoms with Crippen molar-refractivity contribution >= 4 is 16.5 Å². The van der Waals surface area contributed by atoms with E-state index in [4.69, 9.17) is 5.73 Å². The molecule has 0 aliphatic carbocycles. The first-order chi connectivity index (χ1) is 7.70. The quantitative estimate of drug-likeness (QED) is 0.871. The predicted molar refractivity (Wildman–Crippen MR) is 70.7 cm³/mol. The maximum atomic E-state index is 5.62. The van der Waals surface area contributed by atoms with Crippen molar-refractivity contribution in [1.29, 1.82) is 0 Å². The minimum Gasteiger partial charge on any atom is -0.375 e. The van der Waals surface area contributed by atoms with Crippen molar-refractivity contribution in [2.45, 2.75) is 26.2 Å². The molecule has 2 nitrogen and oxygen atoms in total. The molecule has 2 aromatic rings. The van der Waals surface area contributed by atoms with Crippen molar-refractivity contribution in [3.63, 3.8) is 0 Å². The van der Waals surface area contributed by atoms with E-state index in [1.165, 1.54) is 23.3 Å². The van der Waals surface area contributed by atoms with Gasteiger partial charge in [-0.1, -0.05) is 38.1 Å². The average molecular weight is 232 g/mol. The van der Waals surface area contributed by atoms with E-state index in [9.17, 15) is 0 Å². The summed E-state index contributed by atoms with van der Waals surface area (Å²) >= 11 is 1.48. The summed E-state index contributed by atoms with van der Waals surface area (Å²) in [6.45, 7) is 4.45. The Morgan fingerprint density at radius 2 is 2.00 bits per heavy atom. The van der Waals surface area contributed by atoms with Crippen molar-refractivity contribution in [3.8, 4) is 11.3 Å². The first-order valence-corrected chi connectivity index (χ1v) is 6.40. The second-order valence-electron chi connectivity index (χ2n) is 4.00. The molecule has 0 amide bonds. The molecule has 0 aliphatic heterocycles. The molecule has 0 fully saturated rings. The molecule has 84 valence electrons. The normalized spacial score (nSPS) is 12.6. The van der Waals surface area contributed by atoms with Crippen molar-refractivity contribution in [2.75, 3.05) is 5.73 Å². The summed E-state index contributed by atoms with van der Waals surface area (Å²) in [4.78, 5) is 4.27. The summed E-state index contributed by atoms with van der Waals surface area (Å²) in [5.74, 6) is 0.620. The van der Waals surface area contributed by atoms with Crippen LogP contribution in [0.1, 0.15) is 31.7 Å². The highest BCUT2D eigenvalue weighted by molar-refractivity contribution is 7.13. The molecule has 0 saturated heterocycles. The minimum atomic E-state index is 0.620. The van der Waals surface area contributed by atoms with Crippen LogP contribution in [0.15, 0.2) is 29.6 Å². The van der Waals surface area contributed by atoms with Crippen LogP contribution < -0.4 is 5.73 Å². The number of hydrogen-bond donors (Lipinski definition) is 1. The standard InChI is InChI=1S/C13H16N2S/c1-3-9(2)10-4-6-11(7-5-10)12-8-16-13(14)15-12/h4-9H,3H2,1-2H3,(H2,14,15)/t9-/m1/s1. The second-order valence-corrected chi connectivity index (χ2v) is 4.89. The third-order valence-corrected chi connectivity index (χ3v) is 3.58. The minimum absolute atomic E-state index is 0.620. The molecule has 0 bridgehead atoms. The number of nitrogen functional groups attached to an aromatic ring is 1. The molecule has 16 heavy (non-hydrogen) atoms. The number of rotatable bonds is 3. The largest absolute Gasteiger partial charge is 0.375 e. The van der Waals surface area contributed by atoms with Gasteiger partial charge in [0.15, 0.2) is 5.13 Å². The van der Waals surface area contributed by atoms with E-state index in [1.807, 2.05) is 5.38 Å². The Labute approximate surface area is 100 Å². The van der Waals surface area contributed by atoms with Gasteiger partial charge in [-0.3, -0.25) is 0 Å². The topological polar surface area (TPSA) is 38.9 Å². The van der Waals surface area contributed by atoms with Gasteiger partial charge in [-0.25, -0.2) is 4.98 Å². The van der Waals surface area contributed by atoms with Crippen LogP contribution in [0.25, 0.3) is 11.3 Å². The van der Waals surface area contributed by atoms with Gasteiger partial charge in [0.1, 0.15) is 0 Å². The number of hydrogen-bond acceptors (Lipinski definition) is 3. The highest BCUT2D eigenvalue weighted by Gasteiger charge is 2.05. The highest BCUT2D eigenvalue weighted by atomic mass is 32.1. The molecule has 0 unspecified atom stereocenters. The molecule has 0 aliphatic rings. The summed E-state index contributed by atoms with van der Waals surface area (Å²) in [6, 6.07) is 8.60. The van der Waals surface area contributed by atoms with E-state index in [2.05, 4.69) is 43.1 Å². The van der Waals surface area contributed by atoms with Gasteiger partial charge < -0.3 is 5.73 Å². The van der Waals surface area contributed by atoms with Crippen LogP contribution in [0.2, 0.25) is 0 Å². The van der Waals surface area contributed by atoms with Crippen LogP contribution in [0.4, 0.5) is 5.13 Å². The van der Waals surface area contributed by atoms with Gasteiger partial charge in [0.25, 0.3) is 0 Å². The monoisotopic (exact) mass is 232 g/mol. The number of nitrogens with two attached hydrogens (primary N) is 1. The van der Waals surface area contributed by atoms with E-state index in [0.29, 0.717) is 11.0 Å². The molecular weight excluding hydrogens is 216 g/mol. The van der Waals surface area contributed by atoms with E-state index < -0.39 is 0 Å². The Kier molecular flexibility index (Phi) is 3.25. The van der Waals surface area contributed by atoms with E-state index in [0.717, 1.165) is 11.3 Å². The molecule has 0 saturated carbocycles. The lowest BCUT2D eigenvalue weighted by atomic mass is 9.97. The number of nitrogens with zero attached hydrogens (tertiary/aromatic N) is 1. The number of anilines is 1. The van der Waals surface area contributed by atoms with Crippen LogP contribution in [0.5, 0.6) is 0 Å². The van der Waals surface area contributed by atoms with Crippen molar-refractivity contribution in [2.24, 2.45) is 0 Å². The summed E-state index contributed by atoms with van der Waals surface area (Å²) in [7, 11) is 0. The third-order valence-electron chi connectivity index (χ3n) is 2.91. The van der Waals surface area contributed by atoms with Gasteiger partial charge in [0, 0.05) is 10.9 Å². The molecular formula is C13H16N2S. The molecule has 1 aromatic carbocycles. The fourth-order valence-corrected chi connectivity index (χ4v) is 2.21. The summed E-state index contributed by atoms with van der Waals surface area (Å²) in [5, 5.41) is 2.62. The summed E-state index contributed by atoms with van der Waals surface area (Å²) < 4.78 is 0. The summed E-state index contributed by atoms with van der Waals surface area (Å²) in [5.41, 5.74) is 9.12. The van der Waals surface area contributed by atoms with Crippen molar-refractivity contribution < 1.29 is 0 Å². The number of aromatic nitrogens is 1. The van der Waals surface area contributed by atoms with Crippen LogP contribution >= 0.6 is 11.3 Å². The van der Waals surface area contributed by atoms with E-state index in [-0.39, 0.29) is 0 Å². The van der Waals surface area contributed by atoms with E-state index >= 15 is 0 Å². The van der Waals surface area contributed by atoms with Gasteiger partial charge in [-0.2, -0.15) is 0 Å². The first-order valence-electron chi connectivity index (χ1n) is 5.52. The SMILES string of the molecule is CC[C@@H](C)c1ccc(-c2csc(N)n2)cc1. The molecule has 2 N–H and O–H groups in total. The molecule has 3 heteroatoms. The van der Waals surface area contributed by atoms with Crippen molar-refractivity contribution in [1.82, 2.24) is 4.98 Å². The molecule has 1 atom stereocenters. The summed E-state index contributed by atoms with van der Waals surface area (Å²) in [6.07, 6.45) is 1.17. The smallest absolute Gasteiger partial charge is 0.180 e. The van der Waals surface area contributed by atoms with Crippen LogP contribution in [-0.2, 0) is 0 Å². The van der Waals surface area contributed by atoms with Crippen LogP contribution in [-0.4, -0.2) is 4.98 Å². The number of thiazole rings is 1. The molecule has 0 radical (unpaired) electrons. The zero-order valence-corrected chi connectivity index (χ0v) is 10.4. The maximum Gasteiger partial charge on any atom is 0.180 e. The van der Waals surface area contributed by atoms with Crippen molar-refractivity contribution in [3.05, 3.63) is 35.2 Å². The van der Waals surface area contributed by atoms with Gasteiger partial charge in [-0.05, 0) is 17.9 Å². The zero-order valence-electron chi connectivity index (χ0n) is 9.60. The fraction of sp³-hybridized carbons (Fsp3) is 0.308. The molecule has 1 aromatic heterocycles. The lowest BCUT2D eigenvalue weighted by Gasteiger charge is -2.08. The van der Waals surface area contributed by atoms with Gasteiger partial charge in [0.2, 0.25) is 0 Å². The lowest BCUT2D eigenvalue weighted by Crippen LogP contribution is -1.90. The second kappa shape index (κ2) is 4.66. The average Bonchev–Trinajstić information content (AvgIpc) is 2.75. The first kappa shape index (κ1) is 11.1. The Morgan fingerprint density at radius 1 is 1.31 bits per heavy atom. The van der Waals surface area contributed by atoms with Crippen LogP contribution in [0, 0.1) is 0 Å². The number of benzene rings is 1. The molecule has 1 heterocycles. The Morgan fingerprint density at radius 3 is 2.50 bits per heavy atom. The fourth-order valence-electron chi connectivity index (χ4n) is 1.64. The Balaban J connectivity index is 2.25. The van der Waals surface area contributed by atoms with Crippen LogP contribution in [0.3, 0.4) is 0 Å². The Bertz CT molecular complexity index is 459. The van der Waals surface area contributed by atoms with E-state index in [1.54, 1.807) is 0 Å². The van der Waals surface area contributed by atoms with Gasteiger partial charge in [0.05, 0.1) is 5.69 Å². The molecule has 2 rings (SSSR count). The molecule has 0 spiro atoms. The third kappa shape index (κ3) is 2.25. The maximum absolute atomic E-state index is 5.62. The van der Waals surface area contributed by atoms with Gasteiger partial charge >= 0.3 is 0 Å². The Hall–Kier alpha value is -1.35. The highest BCUT2D eigenvalue weighted by Crippen LogP contribution is 2.25.